The highest BCUT2D eigenvalue weighted by Gasteiger charge is 2.19. The molecule has 0 aliphatic heterocycles. The molecule has 0 saturated heterocycles. The summed E-state index contributed by atoms with van der Waals surface area (Å²) < 4.78 is 16.9. The van der Waals surface area contributed by atoms with Gasteiger partial charge >= 0.3 is 17.9 Å². The minimum atomic E-state index is -0.805. The summed E-state index contributed by atoms with van der Waals surface area (Å²) in [4.78, 5) is 38.3. The van der Waals surface area contributed by atoms with Crippen molar-refractivity contribution in [3.63, 3.8) is 0 Å². The van der Waals surface area contributed by atoms with Crippen molar-refractivity contribution in [3.05, 3.63) is 122 Å². The molecule has 0 aromatic heterocycles. The van der Waals surface area contributed by atoms with Crippen LogP contribution < -0.4 is 0 Å². The van der Waals surface area contributed by atoms with Crippen LogP contribution in [-0.2, 0) is 28.6 Å². The van der Waals surface area contributed by atoms with E-state index in [1.54, 1.807) is 0 Å². The quantitative estimate of drug-likeness (QED) is 0.0261. The molecule has 0 N–H and O–H groups in total. The Balaban J connectivity index is 4.49. The van der Waals surface area contributed by atoms with Crippen molar-refractivity contribution in [1.82, 2.24) is 0 Å². The van der Waals surface area contributed by atoms with Gasteiger partial charge in [0.05, 0.1) is 0 Å². The van der Waals surface area contributed by atoms with Gasteiger partial charge in [0.2, 0.25) is 0 Å². The lowest BCUT2D eigenvalue weighted by atomic mass is 10.1. The lowest BCUT2D eigenvalue weighted by molar-refractivity contribution is -0.167. The lowest BCUT2D eigenvalue weighted by Gasteiger charge is -2.18. The first kappa shape index (κ1) is 71.8. The number of carbonyl (C=O) groups is 3. The minimum Gasteiger partial charge on any atom is -0.462 e. The summed E-state index contributed by atoms with van der Waals surface area (Å²) in [6, 6.07) is 0. The van der Waals surface area contributed by atoms with Crippen LogP contribution in [0, 0.1) is 0 Å². The smallest absolute Gasteiger partial charge is 0.306 e. The number of hydrogen-bond donors (Lipinski definition) is 0. The monoisotopic (exact) mass is 1050 g/mol. The van der Waals surface area contributed by atoms with E-state index in [9.17, 15) is 14.4 Å². The summed E-state index contributed by atoms with van der Waals surface area (Å²) in [5.41, 5.74) is 0. The molecule has 0 aliphatic rings. The number of rotatable bonds is 56. The number of allylic oxidation sites excluding steroid dienone is 20. The Morgan fingerprint density at radius 3 is 0.816 bits per heavy atom. The lowest BCUT2D eigenvalue weighted by Crippen LogP contribution is -2.30. The van der Waals surface area contributed by atoms with Gasteiger partial charge in [-0.1, -0.05) is 251 Å². The maximum absolute atomic E-state index is 12.9. The van der Waals surface area contributed by atoms with E-state index in [4.69, 9.17) is 14.2 Å². The maximum atomic E-state index is 12.9. The van der Waals surface area contributed by atoms with Gasteiger partial charge in [-0.05, 0) is 135 Å². The summed E-state index contributed by atoms with van der Waals surface area (Å²) in [6.07, 6.45) is 87.6. The van der Waals surface area contributed by atoms with Crippen LogP contribution in [0.3, 0.4) is 0 Å². The molecule has 0 aromatic carbocycles. The molecule has 1 atom stereocenters. The molecule has 0 amide bonds. The van der Waals surface area contributed by atoms with E-state index in [-0.39, 0.29) is 31.1 Å². The SMILES string of the molecule is CC/C=C\C/C=C\C/C=C\C/C=C\C/C=C\CCCCCCCC(=O)OCC(COC(=O)CCCCCCC/C=C\C/C=C\CCCCCC)OC(=O)CCCCCCCC/C=C\C/C=C\C/C=C\CCCCCCC. The van der Waals surface area contributed by atoms with Crippen LogP contribution in [0.2, 0.25) is 0 Å². The van der Waals surface area contributed by atoms with E-state index in [1.165, 1.54) is 83.5 Å². The number of hydrogen-bond acceptors (Lipinski definition) is 6. The van der Waals surface area contributed by atoms with Gasteiger partial charge in [-0.2, -0.15) is 0 Å². The molecule has 0 saturated carbocycles. The predicted molar refractivity (Wildman–Crippen MR) is 330 cm³/mol. The zero-order chi connectivity index (χ0) is 55.0. The van der Waals surface area contributed by atoms with Crippen molar-refractivity contribution in [1.29, 1.82) is 0 Å². The topological polar surface area (TPSA) is 78.9 Å². The van der Waals surface area contributed by atoms with E-state index in [2.05, 4.69) is 142 Å². The Kier molecular flexibility index (Phi) is 59.9. The third-order valence-electron chi connectivity index (χ3n) is 13.2. The third kappa shape index (κ3) is 60.7. The van der Waals surface area contributed by atoms with Crippen molar-refractivity contribution in [3.8, 4) is 0 Å². The summed E-state index contributed by atoms with van der Waals surface area (Å²) in [5, 5.41) is 0. The van der Waals surface area contributed by atoms with Crippen LogP contribution in [0.25, 0.3) is 0 Å². The molecule has 0 rings (SSSR count). The molecule has 6 heteroatoms. The van der Waals surface area contributed by atoms with Gasteiger partial charge < -0.3 is 14.2 Å². The van der Waals surface area contributed by atoms with Gasteiger partial charge in [0, 0.05) is 19.3 Å². The van der Waals surface area contributed by atoms with E-state index < -0.39 is 6.10 Å². The van der Waals surface area contributed by atoms with Crippen molar-refractivity contribution in [2.45, 2.75) is 290 Å². The highest BCUT2D eigenvalue weighted by Crippen LogP contribution is 2.14. The molecule has 0 aromatic rings. The first-order chi connectivity index (χ1) is 37.5. The fourth-order valence-electron chi connectivity index (χ4n) is 8.45. The Morgan fingerprint density at radius 1 is 0.276 bits per heavy atom. The van der Waals surface area contributed by atoms with Gasteiger partial charge in [0.15, 0.2) is 6.10 Å². The fourth-order valence-corrected chi connectivity index (χ4v) is 8.45. The Labute approximate surface area is 469 Å². The average Bonchev–Trinajstić information content (AvgIpc) is 3.42. The zero-order valence-electron chi connectivity index (χ0n) is 49.5. The number of ether oxygens (including phenoxy) is 3. The Bertz CT molecular complexity index is 1590. The summed E-state index contributed by atoms with van der Waals surface area (Å²) in [6.45, 7) is 6.47. The highest BCUT2D eigenvalue weighted by molar-refractivity contribution is 5.71. The number of esters is 3. The van der Waals surface area contributed by atoms with E-state index in [1.807, 2.05) is 0 Å². The largest absolute Gasteiger partial charge is 0.462 e. The van der Waals surface area contributed by atoms with Crippen LogP contribution in [0.4, 0.5) is 0 Å². The molecule has 0 heterocycles. The molecule has 1 unspecified atom stereocenters. The number of unbranched alkanes of at least 4 members (excludes halogenated alkanes) is 25. The van der Waals surface area contributed by atoms with Crippen LogP contribution in [0.1, 0.15) is 284 Å². The third-order valence-corrected chi connectivity index (χ3v) is 13.2. The molecule has 76 heavy (non-hydrogen) atoms. The molecule has 0 spiro atoms. The van der Waals surface area contributed by atoms with Crippen molar-refractivity contribution in [2.75, 3.05) is 13.2 Å². The first-order valence-electron chi connectivity index (χ1n) is 31.5. The average molecular weight is 1050 g/mol. The van der Waals surface area contributed by atoms with Crippen LogP contribution in [-0.4, -0.2) is 37.2 Å². The highest BCUT2D eigenvalue weighted by atomic mass is 16.6. The molecule has 0 fully saturated rings. The van der Waals surface area contributed by atoms with Gasteiger partial charge in [-0.25, -0.2) is 0 Å². The standard InChI is InChI=1S/C70H116O6/c1-4-7-10-13-16-19-22-25-28-31-33-35-37-39-42-45-48-51-54-57-60-63-69(72)75-66-67(65-74-68(71)62-59-56-53-50-47-44-41-30-27-24-21-18-15-12-9-6-3)76-70(73)64-61-58-55-52-49-46-43-40-38-36-34-32-29-26-23-20-17-14-11-8-5-2/h7,10,16,19,21,23-26,28,30,32-35,38-42,67H,4-6,8-9,11-15,17-18,20,22,27,29,31,36-37,43-66H2,1-3H3/b10-7-,19-16-,24-21-,26-23-,28-25-,34-32-,35-33-,40-38-,41-30-,42-39-. The van der Waals surface area contributed by atoms with Crippen LogP contribution in [0.5, 0.6) is 0 Å². The van der Waals surface area contributed by atoms with Crippen LogP contribution >= 0.6 is 0 Å². The summed E-state index contributed by atoms with van der Waals surface area (Å²) in [5.74, 6) is -0.941. The normalized spacial score (nSPS) is 12.9. The maximum Gasteiger partial charge on any atom is 0.306 e. The summed E-state index contributed by atoms with van der Waals surface area (Å²) >= 11 is 0. The second-order valence-corrected chi connectivity index (χ2v) is 20.6. The van der Waals surface area contributed by atoms with Gasteiger partial charge in [-0.3, -0.25) is 14.4 Å². The molecule has 0 aliphatic carbocycles. The van der Waals surface area contributed by atoms with Gasteiger partial charge in [-0.15, -0.1) is 0 Å². The molecule has 0 bridgehead atoms. The minimum absolute atomic E-state index is 0.0997. The van der Waals surface area contributed by atoms with E-state index >= 15 is 0 Å². The Morgan fingerprint density at radius 2 is 0.513 bits per heavy atom. The predicted octanol–water partition coefficient (Wildman–Crippen LogP) is 21.6. The van der Waals surface area contributed by atoms with E-state index in [0.29, 0.717) is 19.3 Å². The molecule has 6 nitrogen and oxygen atoms in total. The second kappa shape index (κ2) is 63.3. The molecular weight excluding hydrogens is 937 g/mol. The molecule has 432 valence electrons. The van der Waals surface area contributed by atoms with Crippen molar-refractivity contribution >= 4 is 17.9 Å². The molecule has 0 radical (unpaired) electrons. The first-order valence-corrected chi connectivity index (χ1v) is 31.5. The Hall–Kier alpha value is -4.19. The summed E-state index contributed by atoms with van der Waals surface area (Å²) in [7, 11) is 0. The zero-order valence-corrected chi connectivity index (χ0v) is 49.5. The van der Waals surface area contributed by atoms with Gasteiger partial charge in [0.25, 0.3) is 0 Å². The second-order valence-electron chi connectivity index (χ2n) is 20.6. The number of carbonyl (C=O) groups excluding carboxylic acids is 3. The fraction of sp³-hybridized carbons (Fsp3) is 0.671. The van der Waals surface area contributed by atoms with Crippen molar-refractivity contribution < 1.29 is 28.6 Å². The van der Waals surface area contributed by atoms with E-state index in [0.717, 1.165) is 161 Å². The van der Waals surface area contributed by atoms with Crippen molar-refractivity contribution in [2.24, 2.45) is 0 Å². The van der Waals surface area contributed by atoms with Crippen LogP contribution in [0.15, 0.2) is 122 Å². The molecular formula is C70H116O6. The van der Waals surface area contributed by atoms with Gasteiger partial charge in [0.1, 0.15) is 13.2 Å².